The van der Waals surface area contributed by atoms with Crippen LogP contribution in [0.15, 0.2) is 53.7 Å². The van der Waals surface area contributed by atoms with Crippen LogP contribution in [-0.4, -0.2) is 55.8 Å². The predicted molar refractivity (Wildman–Crippen MR) is 117 cm³/mol. The van der Waals surface area contributed by atoms with Crippen LogP contribution in [0.5, 0.6) is 0 Å². The van der Waals surface area contributed by atoms with Crippen molar-refractivity contribution in [2.45, 2.75) is 17.4 Å². The summed E-state index contributed by atoms with van der Waals surface area (Å²) in [6, 6.07) is 13.0. The number of imidazole rings is 1. The fourth-order valence-electron chi connectivity index (χ4n) is 3.52. The lowest BCUT2D eigenvalue weighted by atomic mass is 10.1. The van der Waals surface area contributed by atoms with Gasteiger partial charge in [-0.05, 0) is 17.7 Å². The first-order chi connectivity index (χ1) is 15.1. The van der Waals surface area contributed by atoms with E-state index in [4.69, 9.17) is 0 Å². The highest BCUT2D eigenvalue weighted by Crippen LogP contribution is 2.36. The summed E-state index contributed by atoms with van der Waals surface area (Å²) in [6.45, 7) is 0. The van der Waals surface area contributed by atoms with Gasteiger partial charge in [-0.25, -0.2) is 4.98 Å². The average Bonchev–Trinajstić information content (AvgIpc) is 3.42. The Morgan fingerprint density at radius 2 is 2.10 bits per heavy atom. The fourth-order valence-corrected chi connectivity index (χ4v) is 4.64. The summed E-state index contributed by atoms with van der Waals surface area (Å²) < 4.78 is 0. The molecule has 0 radical (unpaired) electrons. The summed E-state index contributed by atoms with van der Waals surface area (Å²) >= 11 is 1.52. The largest absolute Gasteiger partial charge is 0.345 e. The molecule has 156 valence electrons. The Balaban J connectivity index is 1.31. The van der Waals surface area contributed by atoms with Crippen molar-refractivity contribution in [2.75, 3.05) is 17.7 Å². The van der Waals surface area contributed by atoms with E-state index in [9.17, 15) is 9.59 Å². The van der Waals surface area contributed by atoms with Crippen LogP contribution in [-0.2, 0) is 11.2 Å². The lowest BCUT2D eigenvalue weighted by Gasteiger charge is -2.21. The van der Waals surface area contributed by atoms with Crippen molar-refractivity contribution in [3.05, 3.63) is 66.0 Å². The van der Waals surface area contributed by atoms with Crippen LogP contribution in [0.4, 0.5) is 5.69 Å². The van der Waals surface area contributed by atoms with Crippen LogP contribution in [0.25, 0.3) is 11.0 Å². The minimum Gasteiger partial charge on any atom is -0.345 e. The number of H-pyrrole nitrogens is 2. The van der Waals surface area contributed by atoms with Crippen LogP contribution in [0.2, 0.25) is 0 Å². The third kappa shape index (κ3) is 3.77. The first-order valence-corrected chi connectivity index (χ1v) is 10.7. The van der Waals surface area contributed by atoms with E-state index >= 15 is 0 Å². The van der Waals surface area contributed by atoms with Crippen molar-refractivity contribution in [1.29, 1.82) is 0 Å². The van der Waals surface area contributed by atoms with Gasteiger partial charge in [-0.15, -0.1) is 22.0 Å². The lowest BCUT2D eigenvalue weighted by molar-refractivity contribution is -0.119. The maximum atomic E-state index is 13.0. The molecule has 10 heteroatoms. The molecule has 2 amide bonds. The second-order valence-corrected chi connectivity index (χ2v) is 8.32. The van der Waals surface area contributed by atoms with E-state index in [-0.39, 0.29) is 11.7 Å². The van der Waals surface area contributed by atoms with Crippen molar-refractivity contribution in [1.82, 2.24) is 30.5 Å². The van der Waals surface area contributed by atoms with Crippen molar-refractivity contribution in [2.24, 2.45) is 0 Å². The maximum absolute atomic E-state index is 13.0. The van der Waals surface area contributed by atoms with E-state index in [0.717, 1.165) is 27.2 Å². The lowest BCUT2D eigenvalue weighted by Crippen LogP contribution is -2.48. The van der Waals surface area contributed by atoms with Gasteiger partial charge < -0.3 is 20.2 Å². The summed E-state index contributed by atoms with van der Waals surface area (Å²) in [4.78, 5) is 38.6. The summed E-state index contributed by atoms with van der Waals surface area (Å²) in [5, 5.41) is 10.8. The van der Waals surface area contributed by atoms with Gasteiger partial charge in [-0.3, -0.25) is 9.59 Å². The number of hydrogen-bond donors (Lipinski definition) is 3. The van der Waals surface area contributed by atoms with Gasteiger partial charge in [0, 0.05) is 24.1 Å². The molecule has 0 aliphatic carbocycles. The average molecular weight is 433 g/mol. The Bertz CT molecular complexity index is 1270. The molecular weight excluding hydrogens is 414 g/mol. The van der Waals surface area contributed by atoms with Gasteiger partial charge in [-0.1, -0.05) is 30.3 Å². The number of amides is 2. The fraction of sp³-hybridized carbons (Fsp3) is 0.190. The van der Waals surface area contributed by atoms with Gasteiger partial charge in [-0.2, -0.15) is 0 Å². The van der Waals surface area contributed by atoms with E-state index in [1.807, 2.05) is 42.5 Å². The van der Waals surface area contributed by atoms with Gasteiger partial charge in [0.1, 0.15) is 11.9 Å². The second kappa shape index (κ2) is 7.88. The molecule has 1 aliphatic heterocycles. The van der Waals surface area contributed by atoms with Gasteiger partial charge in [0.25, 0.3) is 5.91 Å². The minimum absolute atomic E-state index is 0.0886. The van der Waals surface area contributed by atoms with Crippen LogP contribution in [0.3, 0.4) is 0 Å². The summed E-state index contributed by atoms with van der Waals surface area (Å²) in [6.07, 6.45) is 2.17. The number of carbonyl (C=O) groups excluding carboxylic acids is 2. The molecule has 1 atom stereocenters. The number of fused-ring (bicyclic) bond motifs is 2. The van der Waals surface area contributed by atoms with Gasteiger partial charge in [0.2, 0.25) is 11.7 Å². The SMILES string of the molecule is CN1C(=O)C(NC(=O)c2nnc(Cc3ccccc3)[nH]2)CSc2cc3[nH]cnc3cc21. The molecule has 2 aromatic carbocycles. The zero-order valence-corrected chi connectivity index (χ0v) is 17.4. The zero-order chi connectivity index (χ0) is 21.4. The molecule has 4 aromatic rings. The summed E-state index contributed by atoms with van der Waals surface area (Å²) in [5.74, 6) is 0.431. The van der Waals surface area contributed by atoms with E-state index < -0.39 is 11.9 Å². The third-order valence-corrected chi connectivity index (χ3v) is 6.30. The number of aromatic nitrogens is 5. The number of carbonyl (C=O) groups is 2. The molecule has 31 heavy (non-hydrogen) atoms. The van der Waals surface area contributed by atoms with Gasteiger partial charge in [0.05, 0.1) is 23.0 Å². The number of aromatic amines is 2. The van der Waals surface area contributed by atoms with Crippen LogP contribution >= 0.6 is 11.8 Å². The number of hydrogen-bond acceptors (Lipinski definition) is 6. The van der Waals surface area contributed by atoms with Crippen molar-refractivity contribution >= 4 is 40.3 Å². The molecule has 0 fully saturated rings. The van der Waals surface area contributed by atoms with Crippen LogP contribution < -0.4 is 10.2 Å². The highest BCUT2D eigenvalue weighted by molar-refractivity contribution is 7.99. The summed E-state index contributed by atoms with van der Waals surface area (Å²) in [5.41, 5.74) is 3.53. The predicted octanol–water partition coefficient (Wildman–Crippen LogP) is 2.14. The number of thioether (sulfide) groups is 1. The Labute approximate surface area is 181 Å². The van der Waals surface area contributed by atoms with Gasteiger partial charge in [0.15, 0.2) is 0 Å². The molecule has 5 rings (SSSR count). The zero-order valence-electron chi connectivity index (χ0n) is 16.6. The number of rotatable bonds is 4. The summed E-state index contributed by atoms with van der Waals surface area (Å²) in [7, 11) is 1.71. The molecule has 3 heterocycles. The normalized spacial score (nSPS) is 16.2. The molecule has 9 nitrogen and oxygen atoms in total. The monoisotopic (exact) mass is 433 g/mol. The Morgan fingerprint density at radius 3 is 2.94 bits per heavy atom. The van der Waals surface area contributed by atoms with Crippen molar-refractivity contribution < 1.29 is 9.59 Å². The van der Waals surface area contributed by atoms with Crippen molar-refractivity contribution in [3.63, 3.8) is 0 Å². The number of nitrogens with zero attached hydrogens (tertiary/aromatic N) is 4. The molecule has 1 aliphatic rings. The Morgan fingerprint density at radius 1 is 1.26 bits per heavy atom. The number of likely N-dealkylation sites (N-methyl/N-ethyl adjacent to an activating group) is 1. The van der Waals surface area contributed by atoms with E-state index in [2.05, 4.69) is 30.5 Å². The number of nitrogens with one attached hydrogen (secondary N) is 3. The quantitative estimate of drug-likeness (QED) is 0.454. The van der Waals surface area contributed by atoms with Crippen molar-refractivity contribution in [3.8, 4) is 0 Å². The molecule has 2 aromatic heterocycles. The molecule has 0 spiro atoms. The third-order valence-electron chi connectivity index (χ3n) is 5.16. The molecule has 0 bridgehead atoms. The smallest absolute Gasteiger partial charge is 0.289 e. The minimum atomic E-state index is -0.691. The Kier molecular flexibility index (Phi) is 4.91. The number of benzene rings is 2. The van der Waals surface area contributed by atoms with Gasteiger partial charge >= 0.3 is 0 Å². The van der Waals surface area contributed by atoms with Crippen LogP contribution in [0, 0.1) is 0 Å². The maximum Gasteiger partial charge on any atom is 0.289 e. The first kappa shape index (κ1) is 19.3. The molecule has 1 unspecified atom stereocenters. The highest BCUT2D eigenvalue weighted by Gasteiger charge is 2.31. The molecule has 3 N–H and O–H groups in total. The molecular formula is C21H19N7O2S. The first-order valence-electron chi connectivity index (χ1n) is 9.72. The van der Waals surface area contributed by atoms with E-state index in [0.29, 0.717) is 18.0 Å². The highest BCUT2D eigenvalue weighted by atomic mass is 32.2. The molecule has 0 saturated carbocycles. The van der Waals surface area contributed by atoms with E-state index in [1.54, 1.807) is 18.3 Å². The standard InChI is InChI=1S/C21H19N7O2S/c1-28-16-8-13-14(23-11-22-13)9-17(16)31-10-15(21(28)30)24-20(29)19-25-18(26-27-19)7-12-5-3-2-4-6-12/h2-6,8-9,11,15H,7,10H2,1H3,(H,22,23)(H,24,29)(H,25,26,27). The number of anilines is 1. The Hall–Kier alpha value is -3.66. The van der Waals surface area contributed by atoms with E-state index in [1.165, 1.54) is 11.8 Å². The van der Waals surface area contributed by atoms with Crippen LogP contribution in [0.1, 0.15) is 22.0 Å². The second-order valence-electron chi connectivity index (χ2n) is 7.26. The molecule has 0 saturated heterocycles. The topological polar surface area (TPSA) is 120 Å².